The summed E-state index contributed by atoms with van der Waals surface area (Å²) in [4.78, 5) is 26.7. The predicted molar refractivity (Wildman–Crippen MR) is 112 cm³/mol. The van der Waals surface area contributed by atoms with E-state index in [2.05, 4.69) is 10.2 Å². The molecule has 29 heavy (non-hydrogen) atoms. The summed E-state index contributed by atoms with van der Waals surface area (Å²) in [5, 5.41) is 3.16. The molecule has 0 unspecified atom stereocenters. The summed E-state index contributed by atoms with van der Waals surface area (Å²) in [7, 11) is 0. The van der Waals surface area contributed by atoms with Crippen LogP contribution >= 0.6 is 11.6 Å². The molecular weight excluding hydrogens is 392 g/mol. The standard InChI is InChI=1S/C22H25ClN2O4/c1-15-11-16(2)21(19(23)12-15)24-20(26)14-29-22(27)18-5-3-17(4-6-18)13-25-7-9-28-10-8-25/h3-6,11-12H,7-10,13-14H2,1-2H3,(H,24,26). The largest absolute Gasteiger partial charge is 0.452 e. The third-order valence-corrected chi connectivity index (χ3v) is 5.03. The predicted octanol–water partition coefficient (Wildman–Crippen LogP) is 3.58. The van der Waals surface area contributed by atoms with Gasteiger partial charge in [-0.2, -0.15) is 0 Å². The number of esters is 1. The number of halogens is 1. The zero-order valence-corrected chi connectivity index (χ0v) is 17.4. The maximum Gasteiger partial charge on any atom is 0.338 e. The van der Waals surface area contributed by atoms with Crippen LogP contribution in [0.1, 0.15) is 27.0 Å². The second kappa shape index (κ2) is 9.87. The van der Waals surface area contributed by atoms with E-state index in [0.29, 0.717) is 16.3 Å². The van der Waals surface area contributed by atoms with Crippen molar-refractivity contribution >= 4 is 29.2 Å². The van der Waals surface area contributed by atoms with Gasteiger partial charge in [-0.1, -0.05) is 29.8 Å². The van der Waals surface area contributed by atoms with Crippen molar-refractivity contribution in [1.29, 1.82) is 0 Å². The second-order valence-corrected chi connectivity index (χ2v) is 7.56. The monoisotopic (exact) mass is 416 g/mol. The van der Waals surface area contributed by atoms with Gasteiger partial charge >= 0.3 is 5.97 Å². The number of nitrogens with zero attached hydrogens (tertiary/aromatic N) is 1. The van der Waals surface area contributed by atoms with Gasteiger partial charge in [-0.3, -0.25) is 9.69 Å². The summed E-state index contributed by atoms with van der Waals surface area (Å²) in [5.74, 6) is -0.971. The van der Waals surface area contributed by atoms with Crippen molar-refractivity contribution in [2.24, 2.45) is 0 Å². The first kappa shape index (κ1) is 21.3. The van der Waals surface area contributed by atoms with E-state index in [-0.39, 0.29) is 6.61 Å². The maximum absolute atomic E-state index is 12.2. The number of nitrogens with one attached hydrogen (secondary N) is 1. The molecule has 0 aromatic heterocycles. The number of morpholine rings is 1. The van der Waals surface area contributed by atoms with Gasteiger partial charge in [-0.15, -0.1) is 0 Å². The number of aryl methyl sites for hydroxylation is 2. The van der Waals surface area contributed by atoms with E-state index in [1.165, 1.54) is 0 Å². The van der Waals surface area contributed by atoms with Crippen LogP contribution in [0.15, 0.2) is 36.4 Å². The third kappa shape index (κ3) is 6.03. The van der Waals surface area contributed by atoms with E-state index in [4.69, 9.17) is 21.1 Å². The first-order chi connectivity index (χ1) is 13.9. The molecule has 0 aliphatic carbocycles. The van der Waals surface area contributed by atoms with Gasteiger partial charge in [0, 0.05) is 19.6 Å². The summed E-state index contributed by atoms with van der Waals surface area (Å²) in [6, 6.07) is 10.9. The first-order valence-electron chi connectivity index (χ1n) is 9.55. The fraction of sp³-hybridized carbons (Fsp3) is 0.364. The Hall–Kier alpha value is -2.41. The van der Waals surface area contributed by atoms with Crippen LogP contribution in [-0.4, -0.2) is 49.7 Å². The Bertz CT molecular complexity index is 854. The highest BCUT2D eigenvalue weighted by atomic mass is 35.5. The Morgan fingerprint density at radius 1 is 1.14 bits per heavy atom. The Labute approximate surface area is 175 Å². The van der Waals surface area contributed by atoms with Crippen LogP contribution in [0.3, 0.4) is 0 Å². The summed E-state index contributed by atoms with van der Waals surface area (Å²) in [5.41, 5.74) is 3.92. The summed E-state index contributed by atoms with van der Waals surface area (Å²) in [6.45, 7) is 7.54. The van der Waals surface area contributed by atoms with Crippen molar-refractivity contribution < 1.29 is 19.1 Å². The Morgan fingerprint density at radius 3 is 2.48 bits per heavy atom. The number of amides is 1. The van der Waals surface area contributed by atoms with Crippen molar-refractivity contribution in [3.8, 4) is 0 Å². The Kier molecular flexibility index (Phi) is 7.25. The van der Waals surface area contributed by atoms with Crippen molar-refractivity contribution in [3.63, 3.8) is 0 Å². The average Bonchev–Trinajstić information content (AvgIpc) is 2.70. The molecule has 1 fully saturated rings. The molecule has 2 aromatic rings. The van der Waals surface area contributed by atoms with Gasteiger partial charge in [0.25, 0.3) is 5.91 Å². The van der Waals surface area contributed by atoms with Gasteiger partial charge < -0.3 is 14.8 Å². The van der Waals surface area contributed by atoms with Crippen LogP contribution in [-0.2, 0) is 20.8 Å². The summed E-state index contributed by atoms with van der Waals surface area (Å²) >= 11 is 6.19. The maximum atomic E-state index is 12.2. The van der Waals surface area contributed by atoms with Crippen molar-refractivity contribution in [2.45, 2.75) is 20.4 Å². The fourth-order valence-corrected chi connectivity index (χ4v) is 3.60. The Morgan fingerprint density at radius 2 is 1.83 bits per heavy atom. The minimum Gasteiger partial charge on any atom is -0.452 e. The lowest BCUT2D eigenvalue weighted by molar-refractivity contribution is -0.119. The molecule has 0 atom stereocenters. The van der Waals surface area contributed by atoms with Gasteiger partial charge in [0.2, 0.25) is 0 Å². The number of carbonyl (C=O) groups excluding carboxylic acids is 2. The van der Waals surface area contributed by atoms with Gasteiger partial charge in [-0.25, -0.2) is 4.79 Å². The van der Waals surface area contributed by atoms with Crippen molar-refractivity contribution in [2.75, 3.05) is 38.2 Å². The minimum atomic E-state index is -0.537. The van der Waals surface area contributed by atoms with Crippen LogP contribution in [0.4, 0.5) is 5.69 Å². The minimum absolute atomic E-state index is 0.377. The molecule has 0 saturated carbocycles. The van der Waals surface area contributed by atoms with E-state index >= 15 is 0 Å². The molecule has 2 aromatic carbocycles. The second-order valence-electron chi connectivity index (χ2n) is 7.15. The van der Waals surface area contributed by atoms with Gasteiger partial charge in [-0.05, 0) is 48.7 Å². The highest BCUT2D eigenvalue weighted by Gasteiger charge is 2.14. The molecule has 1 N–H and O–H groups in total. The van der Waals surface area contributed by atoms with Crippen LogP contribution in [0.25, 0.3) is 0 Å². The fourth-order valence-electron chi connectivity index (χ4n) is 3.23. The number of anilines is 1. The summed E-state index contributed by atoms with van der Waals surface area (Å²) in [6.07, 6.45) is 0. The molecule has 1 aliphatic heterocycles. The van der Waals surface area contributed by atoms with Crippen LogP contribution in [0.5, 0.6) is 0 Å². The Balaban J connectivity index is 1.50. The summed E-state index contributed by atoms with van der Waals surface area (Å²) < 4.78 is 10.5. The highest BCUT2D eigenvalue weighted by molar-refractivity contribution is 6.34. The molecular formula is C22H25ClN2O4. The van der Waals surface area contributed by atoms with Crippen LogP contribution in [0, 0.1) is 13.8 Å². The quantitative estimate of drug-likeness (QED) is 0.729. The van der Waals surface area contributed by atoms with Gasteiger partial charge in [0.15, 0.2) is 6.61 Å². The highest BCUT2D eigenvalue weighted by Crippen LogP contribution is 2.27. The zero-order valence-electron chi connectivity index (χ0n) is 16.7. The van der Waals surface area contributed by atoms with E-state index in [0.717, 1.165) is 49.5 Å². The molecule has 6 nitrogen and oxygen atoms in total. The number of carbonyl (C=O) groups is 2. The number of benzene rings is 2. The van der Waals surface area contributed by atoms with Crippen molar-refractivity contribution in [1.82, 2.24) is 4.90 Å². The third-order valence-electron chi connectivity index (χ3n) is 4.73. The normalized spacial score (nSPS) is 14.4. The van der Waals surface area contributed by atoms with Crippen molar-refractivity contribution in [3.05, 3.63) is 63.7 Å². The van der Waals surface area contributed by atoms with E-state index in [9.17, 15) is 9.59 Å². The number of rotatable bonds is 6. The van der Waals surface area contributed by atoms with Gasteiger partial charge in [0.05, 0.1) is 29.5 Å². The molecule has 154 valence electrons. The first-order valence-corrected chi connectivity index (χ1v) is 9.93. The molecule has 1 heterocycles. The molecule has 3 rings (SSSR count). The number of hydrogen-bond donors (Lipinski definition) is 1. The van der Waals surface area contributed by atoms with Crippen LogP contribution in [0.2, 0.25) is 5.02 Å². The van der Waals surface area contributed by atoms with Crippen LogP contribution < -0.4 is 5.32 Å². The SMILES string of the molecule is Cc1cc(C)c(NC(=O)COC(=O)c2ccc(CN3CCOCC3)cc2)c(Cl)c1. The van der Waals surface area contributed by atoms with Gasteiger partial charge in [0.1, 0.15) is 0 Å². The zero-order chi connectivity index (χ0) is 20.8. The van der Waals surface area contributed by atoms with E-state index in [1.807, 2.05) is 32.0 Å². The molecule has 0 radical (unpaired) electrons. The lowest BCUT2D eigenvalue weighted by Gasteiger charge is -2.26. The smallest absolute Gasteiger partial charge is 0.338 e. The molecule has 1 amide bonds. The molecule has 0 spiro atoms. The molecule has 1 aliphatic rings. The van der Waals surface area contributed by atoms with E-state index in [1.54, 1.807) is 18.2 Å². The average molecular weight is 417 g/mol. The lowest BCUT2D eigenvalue weighted by Crippen LogP contribution is -2.35. The molecule has 1 saturated heterocycles. The van der Waals surface area contributed by atoms with E-state index < -0.39 is 11.9 Å². The topological polar surface area (TPSA) is 67.9 Å². The lowest BCUT2D eigenvalue weighted by atomic mass is 10.1. The molecule has 7 heteroatoms. The molecule has 0 bridgehead atoms. The number of ether oxygens (including phenoxy) is 2. The number of hydrogen-bond acceptors (Lipinski definition) is 5.